The smallest absolute Gasteiger partial charge is 0.153 e. The van der Waals surface area contributed by atoms with Crippen LogP contribution in [0.1, 0.15) is 10.4 Å². The van der Waals surface area contributed by atoms with E-state index < -0.39 is 11.6 Å². The van der Waals surface area contributed by atoms with Crippen LogP contribution in [0.2, 0.25) is 0 Å². The molecule has 1 aromatic carbocycles. The summed E-state index contributed by atoms with van der Waals surface area (Å²) in [7, 11) is 0. The van der Waals surface area contributed by atoms with Gasteiger partial charge < -0.3 is 0 Å². The Bertz CT molecular complexity index is 540. The zero-order valence-electron chi connectivity index (χ0n) is 8.15. The minimum atomic E-state index is -0.711. The summed E-state index contributed by atoms with van der Waals surface area (Å²) < 4.78 is 26.2. The Morgan fingerprint density at radius 3 is 2.69 bits per heavy atom. The third kappa shape index (κ3) is 1.82. The van der Waals surface area contributed by atoms with Crippen molar-refractivity contribution in [3.05, 3.63) is 53.9 Å². The summed E-state index contributed by atoms with van der Waals surface area (Å²) in [4.78, 5) is 14.4. The molecular weight excluding hydrogens is 212 g/mol. The molecule has 4 heteroatoms. The molecule has 16 heavy (non-hydrogen) atoms. The molecule has 2 rings (SSSR count). The molecule has 0 amide bonds. The van der Waals surface area contributed by atoms with Crippen LogP contribution in [0.5, 0.6) is 0 Å². The molecule has 0 aliphatic heterocycles. The Morgan fingerprint density at radius 2 is 2.00 bits per heavy atom. The number of hydrogen-bond acceptors (Lipinski definition) is 2. The average Bonchev–Trinajstić information content (AvgIpc) is 2.28. The number of benzene rings is 1. The maximum atomic E-state index is 13.2. The highest BCUT2D eigenvalue weighted by molar-refractivity contribution is 5.87. The van der Waals surface area contributed by atoms with Crippen LogP contribution in [-0.2, 0) is 0 Å². The summed E-state index contributed by atoms with van der Waals surface area (Å²) in [5, 5.41) is 0. The number of carbonyl (C=O) groups is 1. The first-order valence-electron chi connectivity index (χ1n) is 4.57. The van der Waals surface area contributed by atoms with Gasteiger partial charge in [0, 0.05) is 11.8 Å². The maximum Gasteiger partial charge on any atom is 0.153 e. The average molecular weight is 219 g/mol. The number of rotatable bonds is 2. The molecule has 0 saturated carbocycles. The number of halogens is 2. The van der Waals surface area contributed by atoms with Crippen molar-refractivity contribution in [3.8, 4) is 11.1 Å². The summed E-state index contributed by atoms with van der Waals surface area (Å²) in [6.07, 6.45) is 2.69. The standard InChI is InChI=1S/C12H7F2NO/c13-9-3-1-2-8(4-9)10-5-15-6-12(14)11(10)7-16/h1-7H. The number of aldehydes is 1. The minimum Gasteiger partial charge on any atom is -0.298 e. The molecule has 0 unspecified atom stereocenters. The van der Waals surface area contributed by atoms with E-state index in [1.165, 1.54) is 24.4 Å². The molecule has 0 radical (unpaired) electrons. The quantitative estimate of drug-likeness (QED) is 0.727. The van der Waals surface area contributed by atoms with Gasteiger partial charge in [0.05, 0.1) is 11.8 Å². The highest BCUT2D eigenvalue weighted by Crippen LogP contribution is 2.23. The van der Waals surface area contributed by atoms with Crippen LogP contribution >= 0.6 is 0 Å². The molecule has 2 nitrogen and oxygen atoms in total. The predicted octanol–water partition coefficient (Wildman–Crippen LogP) is 2.84. The van der Waals surface area contributed by atoms with Crippen molar-refractivity contribution in [1.82, 2.24) is 4.98 Å². The Kier molecular flexibility index (Phi) is 2.72. The minimum absolute atomic E-state index is 0.111. The second kappa shape index (κ2) is 4.18. The van der Waals surface area contributed by atoms with E-state index in [0.29, 0.717) is 11.8 Å². The van der Waals surface area contributed by atoms with Gasteiger partial charge in [-0.25, -0.2) is 8.78 Å². The number of carbonyl (C=O) groups excluding carboxylic acids is 1. The van der Waals surface area contributed by atoms with Crippen molar-refractivity contribution >= 4 is 6.29 Å². The van der Waals surface area contributed by atoms with Crippen LogP contribution in [0.15, 0.2) is 36.7 Å². The second-order valence-electron chi connectivity index (χ2n) is 3.21. The summed E-state index contributed by atoms with van der Waals surface area (Å²) in [5.74, 6) is -1.16. The van der Waals surface area contributed by atoms with Gasteiger partial charge in [0.25, 0.3) is 0 Å². The van der Waals surface area contributed by atoms with Crippen LogP contribution in [0.3, 0.4) is 0 Å². The van der Waals surface area contributed by atoms with E-state index >= 15 is 0 Å². The number of aromatic nitrogens is 1. The predicted molar refractivity (Wildman–Crippen MR) is 55.0 cm³/mol. The Balaban J connectivity index is 2.64. The van der Waals surface area contributed by atoms with Gasteiger partial charge in [0.1, 0.15) is 5.82 Å². The van der Waals surface area contributed by atoms with Crippen LogP contribution < -0.4 is 0 Å². The highest BCUT2D eigenvalue weighted by Gasteiger charge is 2.10. The lowest BCUT2D eigenvalue weighted by Crippen LogP contribution is -1.94. The van der Waals surface area contributed by atoms with Crippen molar-refractivity contribution in [3.63, 3.8) is 0 Å². The van der Waals surface area contributed by atoms with E-state index in [0.717, 1.165) is 6.20 Å². The van der Waals surface area contributed by atoms with Gasteiger partial charge in [-0.3, -0.25) is 9.78 Å². The zero-order valence-corrected chi connectivity index (χ0v) is 8.15. The number of nitrogens with zero attached hydrogens (tertiary/aromatic N) is 1. The van der Waals surface area contributed by atoms with Crippen molar-refractivity contribution in [2.45, 2.75) is 0 Å². The van der Waals surface area contributed by atoms with E-state index in [1.807, 2.05) is 0 Å². The van der Waals surface area contributed by atoms with E-state index in [1.54, 1.807) is 6.07 Å². The first-order chi connectivity index (χ1) is 7.72. The van der Waals surface area contributed by atoms with Gasteiger partial charge in [-0.05, 0) is 17.7 Å². The van der Waals surface area contributed by atoms with Crippen molar-refractivity contribution < 1.29 is 13.6 Å². The molecule has 0 atom stereocenters. The Hall–Kier alpha value is -2.10. The molecule has 1 heterocycles. The van der Waals surface area contributed by atoms with Crippen LogP contribution in [0.4, 0.5) is 8.78 Å². The third-order valence-electron chi connectivity index (χ3n) is 2.19. The lowest BCUT2D eigenvalue weighted by molar-refractivity contribution is 0.112. The zero-order chi connectivity index (χ0) is 11.5. The fourth-order valence-electron chi connectivity index (χ4n) is 1.45. The highest BCUT2D eigenvalue weighted by atomic mass is 19.1. The molecule has 0 fully saturated rings. The van der Waals surface area contributed by atoms with E-state index in [2.05, 4.69) is 4.98 Å². The summed E-state index contributed by atoms with van der Waals surface area (Å²) in [6.45, 7) is 0. The van der Waals surface area contributed by atoms with Crippen molar-refractivity contribution in [2.75, 3.05) is 0 Å². The van der Waals surface area contributed by atoms with Gasteiger partial charge in [0.2, 0.25) is 0 Å². The third-order valence-corrected chi connectivity index (χ3v) is 2.19. The largest absolute Gasteiger partial charge is 0.298 e. The number of pyridine rings is 1. The van der Waals surface area contributed by atoms with Gasteiger partial charge in [-0.15, -0.1) is 0 Å². The Morgan fingerprint density at radius 1 is 1.19 bits per heavy atom. The van der Waals surface area contributed by atoms with Gasteiger partial charge >= 0.3 is 0 Å². The molecule has 2 aromatic rings. The molecule has 0 aliphatic carbocycles. The van der Waals surface area contributed by atoms with Gasteiger partial charge in [-0.1, -0.05) is 12.1 Å². The monoisotopic (exact) mass is 219 g/mol. The molecular formula is C12H7F2NO. The molecule has 1 aromatic heterocycles. The van der Waals surface area contributed by atoms with Crippen molar-refractivity contribution in [1.29, 1.82) is 0 Å². The Labute approximate surface area is 90.6 Å². The van der Waals surface area contributed by atoms with Crippen LogP contribution in [0.25, 0.3) is 11.1 Å². The molecule has 0 bridgehead atoms. The lowest BCUT2D eigenvalue weighted by Gasteiger charge is -2.04. The first kappa shape index (κ1) is 10.4. The van der Waals surface area contributed by atoms with Gasteiger partial charge in [-0.2, -0.15) is 0 Å². The lowest BCUT2D eigenvalue weighted by atomic mass is 10.0. The normalized spacial score (nSPS) is 10.1. The van der Waals surface area contributed by atoms with Crippen LogP contribution in [-0.4, -0.2) is 11.3 Å². The first-order valence-corrected chi connectivity index (χ1v) is 4.57. The summed E-state index contributed by atoms with van der Waals surface area (Å²) in [6, 6.07) is 5.58. The topological polar surface area (TPSA) is 30.0 Å². The molecule has 0 spiro atoms. The molecule has 0 N–H and O–H groups in total. The fraction of sp³-hybridized carbons (Fsp3) is 0. The molecule has 0 saturated heterocycles. The van der Waals surface area contributed by atoms with Crippen LogP contribution in [0, 0.1) is 11.6 Å². The van der Waals surface area contributed by atoms with E-state index in [-0.39, 0.29) is 11.1 Å². The van der Waals surface area contributed by atoms with E-state index in [9.17, 15) is 13.6 Å². The summed E-state index contributed by atoms with van der Waals surface area (Å²) in [5.41, 5.74) is 0.601. The van der Waals surface area contributed by atoms with Crippen molar-refractivity contribution in [2.24, 2.45) is 0 Å². The SMILES string of the molecule is O=Cc1c(F)cncc1-c1cccc(F)c1. The summed E-state index contributed by atoms with van der Waals surface area (Å²) >= 11 is 0. The molecule has 80 valence electrons. The maximum absolute atomic E-state index is 13.2. The van der Waals surface area contributed by atoms with Gasteiger partial charge in [0.15, 0.2) is 12.1 Å². The van der Waals surface area contributed by atoms with E-state index in [4.69, 9.17) is 0 Å². The fourth-order valence-corrected chi connectivity index (χ4v) is 1.45. The second-order valence-corrected chi connectivity index (χ2v) is 3.21. The number of hydrogen-bond donors (Lipinski definition) is 0. The molecule has 0 aliphatic rings.